The van der Waals surface area contributed by atoms with E-state index >= 15 is 0 Å². The number of anilines is 2. The largest absolute Gasteiger partial charge is 0.454 e. The molecule has 228 valence electrons. The average molecular weight is 629 g/mol. The van der Waals surface area contributed by atoms with Gasteiger partial charge in [-0.25, -0.2) is 9.97 Å². The van der Waals surface area contributed by atoms with Crippen molar-refractivity contribution in [2.45, 2.75) is 20.6 Å². The summed E-state index contributed by atoms with van der Waals surface area (Å²) < 4.78 is 82.4. The van der Waals surface area contributed by atoms with E-state index in [1.54, 1.807) is 24.3 Å². The number of aryl methyl sites for hydroxylation is 3. The molecule has 0 unspecified atom stereocenters. The van der Waals surface area contributed by atoms with Gasteiger partial charge in [0.15, 0.2) is 11.3 Å². The predicted molar refractivity (Wildman–Crippen MR) is 196 cm³/mol. The van der Waals surface area contributed by atoms with Crippen LogP contribution in [0, 0.1) is 20.6 Å². The van der Waals surface area contributed by atoms with Crippen LogP contribution in [-0.4, -0.2) is 9.97 Å². The molecule has 0 N–H and O–H groups in total. The first kappa shape index (κ1) is 19.5. The van der Waals surface area contributed by atoms with Crippen molar-refractivity contribution in [3.8, 4) is 28.1 Å². The molecular weight excluding hydrogens is 590 g/mol. The standard InChI is InChI=1S/C43H29N3O2/c1-24-22-25(2)36(26(3)23-24)40-31-16-8-10-18-33(31)44-43(45-40)46-41-39(38-28-13-5-4-12-27(28)20-21-35(38)48-46)30-15-7-6-14-29(30)37-32-17-9-11-19-34(32)47-42(37)41/h4-23H,1-3H3/i1D3,2D3,3D3. The van der Waals surface area contributed by atoms with E-state index in [9.17, 15) is 0 Å². The van der Waals surface area contributed by atoms with Crippen LogP contribution in [0.3, 0.4) is 0 Å². The molecule has 0 amide bonds. The smallest absolute Gasteiger partial charge is 0.265 e. The number of para-hydroxylation sites is 2. The third kappa shape index (κ3) is 3.73. The van der Waals surface area contributed by atoms with Crippen LogP contribution in [0.15, 0.2) is 126 Å². The van der Waals surface area contributed by atoms with E-state index in [4.69, 9.17) is 31.6 Å². The van der Waals surface area contributed by atoms with Gasteiger partial charge >= 0.3 is 0 Å². The summed E-state index contributed by atoms with van der Waals surface area (Å²) in [5.74, 6) is 0.460. The van der Waals surface area contributed by atoms with Gasteiger partial charge in [-0.15, -0.1) is 5.06 Å². The lowest BCUT2D eigenvalue weighted by Crippen LogP contribution is -2.28. The number of fused-ring (bicyclic) bond motifs is 13. The fourth-order valence-corrected chi connectivity index (χ4v) is 7.20. The second kappa shape index (κ2) is 9.90. The Bertz CT molecular complexity index is 3110. The monoisotopic (exact) mass is 628 g/mol. The van der Waals surface area contributed by atoms with E-state index in [0.29, 0.717) is 33.5 Å². The number of nitrogens with zero attached hydrogens (tertiary/aromatic N) is 3. The lowest BCUT2D eigenvalue weighted by Gasteiger charge is -2.32. The quantitative estimate of drug-likeness (QED) is 0.191. The van der Waals surface area contributed by atoms with Crippen LogP contribution in [0.5, 0.6) is 5.75 Å². The number of rotatable bonds is 2. The SMILES string of the molecule is [2H]C([2H])([2H])c1cc(C([2H])([2H])[2H])c(-c2nc(N3Oc4ccc5ccccc5c4-c4c3c3oc5ccccc5c3c3ccccc43)nc3ccccc23)c(C([2H])([2H])[2H])c1. The zero-order chi connectivity index (χ0) is 39.6. The Morgan fingerprint density at radius 3 is 2.12 bits per heavy atom. The Morgan fingerprint density at radius 2 is 1.31 bits per heavy atom. The summed E-state index contributed by atoms with van der Waals surface area (Å²) in [4.78, 5) is 16.9. The number of furan rings is 1. The highest BCUT2D eigenvalue weighted by Gasteiger charge is 2.35. The highest BCUT2D eigenvalue weighted by molar-refractivity contribution is 6.29. The van der Waals surface area contributed by atoms with Gasteiger partial charge in [-0.3, -0.25) is 0 Å². The van der Waals surface area contributed by atoms with E-state index in [1.807, 2.05) is 72.8 Å². The zero-order valence-corrected chi connectivity index (χ0v) is 25.2. The Morgan fingerprint density at radius 1 is 0.604 bits per heavy atom. The van der Waals surface area contributed by atoms with E-state index < -0.39 is 37.2 Å². The molecule has 0 saturated heterocycles. The van der Waals surface area contributed by atoms with Crippen LogP contribution < -0.4 is 9.90 Å². The Hall–Kier alpha value is -6.20. The topological polar surface area (TPSA) is 51.4 Å². The predicted octanol–water partition coefficient (Wildman–Crippen LogP) is 11.5. The molecule has 10 rings (SSSR count). The molecule has 2 aromatic heterocycles. The lowest BCUT2D eigenvalue weighted by atomic mass is 9.89. The number of benzene rings is 7. The van der Waals surface area contributed by atoms with Crippen molar-refractivity contribution in [1.82, 2.24) is 9.97 Å². The summed E-state index contributed by atoms with van der Waals surface area (Å²) in [5.41, 5.74) is 2.06. The van der Waals surface area contributed by atoms with Crippen molar-refractivity contribution in [2.75, 3.05) is 5.06 Å². The molecule has 0 bridgehead atoms. The van der Waals surface area contributed by atoms with Crippen LogP contribution >= 0.6 is 0 Å². The minimum atomic E-state index is -2.93. The lowest BCUT2D eigenvalue weighted by molar-refractivity contribution is 0.315. The van der Waals surface area contributed by atoms with Crippen molar-refractivity contribution in [3.63, 3.8) is 0 Å². The summed E-state index contributed by atoms with van der Waals surface area (Å²) in [6, 6.07) is 36.6. The van der Waals surface area contributed by atoms with Crippen molar-refractivity contribution in [2.24, 2.45) is 0 Å². The Labute approximate surface area is 289 Å². The highest BCUT2D eigenvalue weighted by Crippen LogP contribution is 2.55. The number of aromatic nitrogens is 2. The molecule has 48 heavy (non-hydrogen) atoms. The van der Waals surface area contributed by atoms with Crippen LogP contribution in [0.4, 0.5) is 11.6 Å². The number of hydrogen-bond donors (Lipinski definition) is 0. The van der Waals surface area contributed by atoms with Gasteiger partial charge in [0.25, 0.3) is 5.95 Å². The average Bonchev–Trinajstić information content (AvgIpc) is 3.58. The van der Waals surface area contributed by atoms with Gasteiger partial charge in [0.2, 0.25) is 0 Å². The second-order valence-corrected chi connectivity index (χ2v) is 12.0. The molecule has 0 spiro atoms. The normalized spacial score (nSPS) is 16.2. The minimum absolute atomic E-state index is 0.0129. The summed E-state index contributed by atoms with van der Waals surface area (Å²) >= 11 is 0. The van der Waals surface area contributed by atoms with E-state index in [0.717, 1.165) is 55.6 Å². The first-order chi connectivity index (χ1) is 27.2. The molecule has 5 heteroatoms. The first-order valence-corrected chi connectivity index (χ1v) is 15.5. The molecule has 0 radical (unpaired) electrons. The van der Waals surface area contributed by atoms with Crippen LogP contribution in [0.25, 0.3) is 76.8 Å². The summed E-state index contributed by atoms with van der Waals surface area (Å²) in [6.45, 7) is -8.66. The van der Waals surface area contributed by atoms with Crippen LogP contribution in [-0.2, 0) is 0 Å². The van der Waals surface area contributed by atoms with E-state index in [-0.39, 0.29) is 17.2 Å². The molecule has 5 nitrogen and oxygen atoms in total. The maximum atomic E-state index is 8.56. The molecule has 0 aliphatic carbocycles. The highest BCUT2D eigenvalue weighted by atomic mass is 16.7. The van der Waals surface area contributed by atoms with Crippen molar-refractivity contribution < 1.29 is 21.6 Å². The summed E-state index contributed by atoms with van der Waals surface area (Å²) in [7, 11) is 0. The maximum Gasteiger partial charge on any atom is 0.265 e. The fraction of sp³-hybridized carbons (Fsp3) is 0.0698. The van der Waals surface area contributed by atoms with Crippen LogP contribution in [0.2, 0.25) is 0 Å². The summed E-state index contributed by atoms with van der Waals surface area (Å²) in [5, 5.41) is 7.35. The van der Waals surface area contributed by atoms with Gasteiger partial charge in [0.05, 0.1) is 11.2 Å². The molecule has 0 saturated carbocycles. The number of hydrogen-bond acceptors (Lipinski definition) is 5. The van der Waals surface area contributed by atoms with Crippen molar-refractivity contribution >= 4 is 66.0 Å². The van der Waals surface area contributed by atoms with Gasteiger partial charge in [-0.05, 0) is 71.4 Å². The molecule has 7 aromatic carbocycles. The second-order valence-electron chi connectivity index (χ2n) is 12.0. The first-order valence-electron chi connectivity index (χ1n) is 20.0. The molecule has 1 aliphatic rings. The van der Waals surface area contributed by atoms with Crippen LogP contribution in [0.1, 0.15) is 29.0 Å². The van der Waals surface area contributed by atoms with Gasteiger partial charge in [-0.2, -0.15) is 0 Å². The molecule has 3 heterocycles. The molecule has 0 atom stereocenters. The third-order valence-corrected chi connectivity index (χ3v) is 9.19. The zero-order valence-electron chi connectivity index (χ0n) is 34.2. The molecular formula is C43H29N3O2. The molecule has 1 aliphatic heterocycles. The molecule has 0 fully saturated rings. The van der Waals surface area contributed by atoms with Crippen molar-refractivity contribution in [1.29, 1.82) is 0 Å². The molecule has 9 aromatic rings. The van der Waals surface area contributed by atoms with Gasteiger partial charge in [0.1, 0.15) is 11.3 Å². The van der Waals surface area contributed by atoms with Gasteiger partial charge < -0.3 is 9.25 Å². The Balaban J connectivity index is 1.36. The maximum absolute atomic E-state index is 8.56. The fourth-order valence-electron chi connectivity index (χ4n) is 7.20. The third-order valence-electron chi connectivity index (χ3n) is 9.19. The minimum Gasteiger partial charge on any atom is -0.454 e. The van der Waals surface area contributed by atoms with Gasteiger partial charge in [0, 0.05) is 45.2 Å². The van der Waals surface area contributed by atoms with E-state index in [1.165, 1.54) is 5.06 Å². The Kier molecular flexibility index (Phi) is 4.01. The summed E-state index contributed by atoms with van der Waals surface area (Å²) in [6.07, 6.45) is 0. The van der Waals surface area contributed by atoms with E-state index in [2.05, 4.69) is 12.1 Å². The van der Waals surface area contributed by atoms with Crippen molar-refractivity contribution in [3.05, 3.63) is 138 Å². The van der Waals surface area contributed by atoms with Gasteiger partial charge in [-0.1, -0.05) is 109 Å².